The van der Waals surface area contributed by atoms with Gasteiger partial charge in [0.1, 0.15) is 5.82 Å². The van der Waals surface area contributed by atoms with E-state index in [2.05, 4.69) is 47.9 Å². The Balaban J connectivity index is 1.56. The summed E-state index contributed by atoms with van der Waals surface area (Å²) >= 11 is 0. The minimum absolute atomic E-state index is 0.165. The van der Waals surface area contributed by atoms with Crippen LogP contribution in [0.25, 0.3) is 11.0 Å². The minimum Gasteiger partial charge on any atom is -0.453 e. The fraction of sp³-hybridized carbons (Fsp3) is 0.481. The lowest BCUT2D eigenvalue weighted by molar-refractivity contribution is 0.119. The molecule has 9 heteroatoms. The van der Waals surface area contributed by atoms with Gasteiger partial charge in [0, 0.05) is 37.2 Å². The van der Waals surface area contributed by atoms with Crippen LogP contribution in [0.2, 0.25) is 0 Å². The number of ether oxygens (including phenoxy) is 1. The van der Waals surface area contributed by atoms with Gasteiger partial charge >= 0.3 is 6.09 Å². The highest BCUT2D eigenvalue weighted by molar-refractivity contribution is 7.88. The highest BCUT2D eigenvalue weighted by atomic mass is 32.2. The molecule has 1 atom stereocenters. The monoisotopic (exact) mass is 510 g/mol. The fourth-order valence-electron chi connectivity index (χ4n) is 5.74. The van der Waals surface area contributed by atoms with E-state index in [4.69, 9.17) is 9.72 Å². The van der Waals surface area contributed by atoms with Gasteiger partial charge in [0.2, 0.25) is 10.0 Å². The molecule has 0 unspecified atom stereocenters. The van der Waals surface area contributed by atoms with Crippen LogP contribution in [0, 0.1) is 0 Å². The van der Waals surface area contributed by atoms with Crippen LogP contribution in [0.3, 0.4) is 0 Å². The first-order valence-electron chi connectivity index (χ1n) is 12.6. The van der Waals surface area contributed by atoms with Gasteiger partial charge in [0.05, 0.1) is 30.9 Å². The van der Waals surface area contributed by atoms with Gasteiger partial charge in [-0.05, 0) is 49.8 Å². The number of hydrogen-bond acceptors (Lipinski definition) is 5. The van der Waals surface area contributed by atoms with Crippen LogP contribution >= 0.6 is 0 Å². The topological polar surface area (TPSA) is 84.7 Å². The van der Waals surface area contributed by atoms with Gasteiger partial charge in [0.15, 0.2) is 0 Å². The Morgan fingerprint density at radius 3 is 2.50 bits per heavy atom. The zero-order valence-electron chi connectivity index (χ0n) is 21.2. The molecule has 0 saturated carbocycles. The second-order valence-corrected chi connectivity index (χ2v) is 12.0. The number of hydrogen-bond donors (Lipinski definition) is 0. The fourth-order valence-corrected chi connectivity index (χ4v) is 6.62. The van der Waals surface area contributed by atoms with Crippen molar-refractivity contribution in [3.8, 4) is 0 Å². The third-order valence-electron chi connectivity index (χ3n) is 7.63. The van der Waals surface area contributed by atoms with Crippen LogP contribution in [0.1, 0.15) is 54.2 Å². The summed E-state index contributed by atoms with van der Waals surface area (Å²) in [5, 5.41) is 0. The van der Waals surface area contributed by atoms with Crippen molar-refractivity contribution in [2.75, 3.05) is 33.0 Å². The molecular weight excluding hydrogens is 476 g/mol. The van der Waals surface area contributed by atoms with Gasteiger partial charge in [0.25, 0.3) is 0 Å². The number of nitrogens with zero attached hydrogens (tertiary/aromatic N) is 4. The number of carbonyl (C=O) groups excluding carboxylic acids is 1. The number of sulfonamides is 1. The molecule has 1 fully saturated rings. The molecule has 8 nitrogen and oxygen atoms in total. The van der Waals surface area contributed by atoms with E-state index in [0.29, 0.717) is 26.2 Å². The summed E-state index contributed by atoms with van der Waals surface area (Å²) in [6, 6.07) is 15.0. The Hall–Kier alpha value is -2.91. The number of methoxy groups -OCH3 is 1. The van der Waals surface area contributed by atoms with E-state index < -0.39 is 10.0 Å². The molecule has 0 spiro atoms. The zero-order chi connectivity index (χ0) is 25.4. The lowest BCUT2D eigenvalue weighted by Gasteiger charge is -2.31. The molecule has 2 aliphatic rings. The quantitative estimate of drug-likeness (QED) is 0.516. The maximum atomic E-state index is 12.3. The van der Waals surface area contributed by atoms with Crippen molar-refractivity contribution in [2.24, 2.45) is 0 Å². The van der Waals surface area contributed by atoms with Crippen LogP contribution in [0.4, 0.5) is 4.79 Å². The maximum absolute atomic E-state index is 12.3. The number of aromatic nitrogens is 2. The number of imidazole rings is 1. The van der Waals surface area contributed by atoms with Gasteiger partial charge in [-0.25, -0.2) is 22.5 Å². The third kappa shape index (κ3) is 4.74. The molecular formula is C27H34N4O4S. The summed E-state index contributed by atoms with van der Waals surface area (Å²) in [5.74, 6) is 1.19. The van der Waals surface area contributed by atoms with Gasteiger partial charge in [-0.2, -0.15) is 0 Å². The van der Waals surface area contributed by atoms with Gasteiger partial charge in [-0.1, -0.05) is 36.4 Å². The normalized spacial score (nSPS) is 18.2. The number of piperidine rings is 1. The molecule has 0 N–H and O–H groups in total. The summed E-state index contributed by atoms with van der Waals surface area (Å²) in [6.07, 6.45) is 4.09. The number of fused-ring (bicyclic) bond motifs is 3. The van der Waals surface area contributed by atoms with Gasteiger partial charge < -0.3 is 14.2 Å². The van der Waals surface area contributed by atoms with E-state index in [-0.39, 0.29) is 18.1 Å². The molecule has 0 aliphatic carbocycles. The van der Waals surface area contributed by atoms with Crippen molar-refractivity contribution < 1.29 is 17.9 Å². The van der Waals surface area contributed by atoms with Crippen molar-refractivity contribution in [2.45, 2.75) is 51.1 Å². The first-order chi connectivity index (χ1) is 17.3. The Morgan fingerprint density at radius 1 is 1.11 bits per heavy atom. The Kier molecular flexibility index (Phi) is 6.78. The molecule has 36 heavy (non-hydrogen) atoms. The molecule has 2 aromatic carbocycles. The number of amides is 1. The van der Waals surface area contributed by atoms with E-state index >= 15 is 0 Å². The third-order valence-corrected chi connectivity index (χ3v) is 8.93. The largest absolute Gasteiger partial charge is 0.453 e. The van der Waals surface area contributed by atoms with E-state index in [1.165, 1.54) is 24.5 Å². The molecule has 2 aliphatic heterocycles. The van der Waals surface area contributed by atoms with Crippen LogP contribution in [0.5, 0.6) is 0 Å². The molecule has 5 rings (SSSR count). The summed E-state index contributed by atoms with van der Waals surface area (Å²) in [5.41, 5.74) is 5.59. The van der Waals surface area contributed by atoms with Crippen molar-refractivity contribution in [1.29, 1.82) is 0 Å². The number of carbonyl (C=O) groups is 1. The highest BCUT2D eigenvalue weighted by Gasteiger charge is 2.32. The molecule has 1 aromatic heterocycles. The second-order valence-electron chi connectivity index (χ2n) is 10.0. The van der Waals surface area contributed by atoms with Crippen molar-refractivity contribution >= 4 is 27.1 Å². The van der Waals surface area contributed by atoms with Crippen LogP contribution in [-0.2, 0) is 34.1 Å². The predicted octanol–water partition coefficient (Wildman–Crippen LogP) is 4.10. The van der Waals surface area contributed by atoms with E-state index in [9.17, 15) is 13.2 Å². The molecule has 1 saturated heterocycles. The Labute approximate surface area is 212 Å². The average molecular weight is 511 g/mol. The Morgan fingerprint density at radius 2 is 1.83 bits per heavy atom. The Bertz CT molecular complexity index is 1360. The van der Waals surface area contributed by atoms with Crippen LogP contribution in [0.15, 0.2) is 42.5 Å². The summed E-state index contributed by atoms with van der Waals surface area (Å²) in [7, 11) is -1.78. The van der Waals surface area contributed by atoms with Crippen molar-refractivity contribution in [1.82, 2.24) is 18.8 Å². The lowest BCUT2D eigenvalue weighted by Crippen LogP contribution is -2.37. The van der Waals surface area contributed by atoms with E-state index in [1.54, 1.807) is 9.21 Å². The van der Waals surface area contributed by atoms with Crippen LogP contribution < -0.4 is 0 Å². The SMILES string of the molecule is COC(=O)N1CCc2ccc3c(nc(C4CCN(S(C)(=O)=O)CC4)n3[C@@H](C)Cc3ccccc3)c2C1. The van der Waals surface area contributed by atoms with E-state index in [1.807, 2.05) is 6.07 Å². The zero-order valence-corrected chi connectivity index (χ0v) is 22.0. The maximum Gasteiger partial charge on any atom is 0.409 e. The molecule has 0 bridgehead atoms. The predicted molar refractivity (Wildman–Crippen MR) is 140 cm³/mol. The molecule has 3 heterocycles. The van der Waals surface area contributed by atoms with Crippen molar-refractivity contribution in [3.63, 3.8) is 0 Å². The van der Waals surface area contributed by atoms with Gasteiger partial charge in [-0.15, -0.1) is 0 Å². The lowest BCUT2D eigenvalue weighted by atomic mass is 9.96. The average Bonchev–Trinajstić information content (AvgIpc) is 3.28. The summed E-state index contributed by atoms with van der Waals surface area (Å²) in [4.78, 5) is 19.2. The molecule has 0 radical (unpaired) electrons. The smallest absolute Gasteiger partial charge is 0.409 e. The molecule has 192 valence electrons. The highest BCUT2D eigenvalue weighted by Crippen LogP contribution is 2.36. The molecule has 3 aromatic rings. The van der Waals surface area contributed by atoms with Crippen LogP contribution in [-0.4, -0.2) is 66.3 Å². The number of benzene rings is 2. The first kappa shape index (κ1) is 24.8. The number of rotatable bonds is 5. The molecule has 1 amide bonds. The van der Waals surface area contributed by atoms with E-state index in [0.717, 1.165) is 48.1 Å². The standard InChI is InChI=1S/C27H34N4O4S/c1-19(17-20-7-5-4-6-8-20)31-24-10-9-21-11-14-29(27(32)35-2)18-23(21)25(24)28-26(31)22-12-15-30(16-13-22)36(3,33)34/h4-10,19,22H,11-18H2,1-3H3/t19-/m0/s1. The van der Waals surface area contributed by atoms with Gasteiger partial charge in [-0.3, -0.25) is 0 Å². The summed E-state index contributed by atoms with van der Waals surface area (Å²) < 4.78 is 33.1. The second kappa shape index (κ2) is 9.86. The first-order valence-corrected chi connectivity index (χ1v) is 14.5. The minimum atomic E-state index is -3.20. The van der Waals surface area contributed by atoms with Crippen molar-refractivity contribution in [3.05, 3.63) is 65.0 Å². The summed E-state index contributed by atoms with van der Waals surface area (Å²) in [6.45, 7) is 4.36.